The zero-order valence-corrected chi connectivity index (χ0v) is 9.96. The Morgan fingerprint density at radius 2 is 2.06 bits per heavy atom. The highest BCUT2D eigenvalue weighted by Gasteiger charge is 2.19. The molecule has 0 unspecified atom stereocenters. The van der Waals surface area contributed by atoms with E-state index >= 15 is 0 Å². The lowest BCUT2D eigenvalue weighted by molar-refractivity contribution is -0.154. The van der Waals surface area contributed by atoms with Gasteiger partial charge < -0.3 is 4.90 Å². The normalized spacial score (nSPS) is 14.7. The van der Waals surface area contributed by atoms with E-state index in [0.717, 1.165) is 19.3 Å². The Balaban J connectivity index is 1.86. The molecule has 0 atom stereocenters. The van der Waals surface area contributed by atoms with Gasteiger partial charge in [-0.3, -0.25) is 4.89 Å². The van der Waals surface area contributed by atoms with Crippen molar-refractivity contribution >= 4 is 6.09 Å². The van der Waals surface area contributed by atoms with Crippen LogP contribution in [0.25, 0.3) is 0 Å². The molecule has 2 rings (SSSR count). The van der Waals surface area contributed by atoms with Crippen molar-refractivity contribution in [3.63, 3.8) is 0 Å². The first-order chi connectivity index (χ1) is 8.79. The summed E-state index contributed by atoms with van der Waals surface area (Å²) < 4.78 is 0. The highest BCUT2D eigenvalue weighted by atomic mass is 17.2. The van der Waals surface area contributed by atoms with Gasteiger partial charge in [0.05, 0.1) is 11.6 Å². The van der Waals surface area contributed by atoms with E-state index in [-0.39, 0.29) is 0 Å². The molecule has 0 aliphatic carbocycles. The maximum atomic E-state index is 11.6. The summed E-state index contributed by atoms with van der Waals surface area (Å²) in [6.07, 6.45) is 2.67. The number of benzene rings is 1. The van der Waals surface area contributed by atoms with Crippen molar-refractivity contribution in [3.05, 3.63) is 29.8 Å². The molecule has 1 aromatic carbocycles. The second kappa shape index (κ2) is 5.92. The summed E-state index contributed by atoms with van der Waals surface area (Å²) in [6.45, 7) is 1.42. The van der Waals surface area contributed by atoms with Crippen LogP contribution in [0.3, 0.4) is 0 Å². The summed E-state index contributed by atoms with van der Waals surface area (Å²) in [5, 5.41) is 8.72. The molecular weight excluding hydrogens is 232 g/mol. The average molecular weight is 246 g/mol. The molecule has 0 radical (unpaired) electrons. The van der Waals surface area contributed by atoms with Crippen LogP contribution in [0.15, 0.2) is 24.3 Å². The van der Waals surface area contributed by atoms with Crippen LogP contribution in [-0.2, 0) is 4.89 Å². The highest BCUT2D eigenvalue weighted by molar-refractivity contribution is 5.67. The van der Waals surface area contributed by atoms with Crippen molar-refractivity contribution < 1.29 is 14.6 Å². The Hall–Kier alpha value is -2.22. The van der Waals surface area contributed by atoms with Crippen LogP contribution in [0.5, 0.6) is 5.75 Å². The highest BCUT2D eigenvalue weighted by Crippen LogP contribution is 2.14. The number of piperidine rings is 1. The second-order valence-corrected chi connectivity index (χ2v) is 4.12. The van der Waals surface area contributed by atoms with Crippen LogP contribution < -0.4 is 4.89 Å². The van der Waals surface area contributed by atoms with Gasteiger partial charge in [-0.1, -0.05) is 6.07 Å². The fraction of sp³-hybridized carbons (Fsp3) is 0.385. The monoisotopic (exact) mass is 246 g/mol. The van der Waals surface area contributed by atoms with Crippen LogP contribution in [0, 0.1) is 11.3 Å². The summed E-state index contributed by atoms with van der Waals surface area (Å²) >= 11 is 0. The molecule has 1 aliphatic rings. The number of hydrogen-bond donors (Lipinski definition) is 0. The number of hydrogen-bond acceptors (Lipinski definition) is 4. The Labute approximate surface area is 105 Å². The Bertz CT molecular complexity index is 462. The van der Waals surface area contributed by atoms with Crippen LogP contribution in [-0.4, -0.2) is 24.1 Å². The molecule has 1 heterocycles. The lowest BCUT2D eigenvalue weighted by Crippen LogP contribution is -2.36. The van der Waals surface area contributed by atoms with Gasteiger partial charge in [-0.2, -0.15) is 5.26 Å². The number of carbonyl (C=O) groups excluding carboxylic acids is 1. The zero-order chi connectivity index (χ0) is 12.8. The van der Waals surface area contributed by atoms with Crippen molar-refractivity contribution in [3.8, 4) is 11.8 Å². The average Bonchev–Trinajstić information content (AvgIpc) is 2.46. The lowest BCUT2D eigenvalue weighted by atomic mass is 10.1. The number of nitriles is 1. The van der Waals surface area contributed by atoms with E-state index in [0.29, 0.717) is 24.4 Å². The van der Waals surface area contributed by atoms with E-state index in [4.69, 9.17) is 15.0 Å². The lowest BCUT2D eigenvalue weighted by Gasteiger charge is -2.24. The summed E-state index contributed by atoms with van der Waals surface area (Å²) in [4.78, 5) is 22.9. The molecule has 18 heavy (non-hydrogen) atoms. The molecule has 5 nitrogen and oxygen atoms in total. The minimum atomic E-state index is -0.475. The third-order valence-electron chi connectivity index (χ3n) is 2.79. The van der Waals surface area contributed by atoms with Gasteiger partial charge in [0.25, 0.3) is 0 Å². The Kier molecular flexibility index (Phi) is 4.02. The zero-order valence-electron chi connectivity index (χ0n) is 9.96. The molecule has 0 bridgehead atoms. The third kappa shape index (κ3) is 3.14. The van der Waals surface area contributed by atoms with Crippen LogP contribution in [0.4, 0.5) is 4.79 Å². The second-order valence-electron chi connectivity index (χ2n) is 4.12. The fourth-order valence-corrected chi connectivity index (χ4v) is 1.83. The van der Waals surface area contributed by atoms with Gasteiger partial charge in [0.15, 0.2) is 5.75 Å². The van der Waals surface area contributed by atoms with E-state index in [9.17, 15) is 4.79 Å². The first-order valence-corrected chi connectivity index (χ1v) is 5.93. The van der Waals surface area contributed by atoms with Gasteiger partial charge in [-0.25, -0.2) is 9.68 Å². The molecule has 0 N–H and O–H groups in total. The molecule has 0 spiro atoms. The summed E-state index contributed by atoms with van der Waals surface area (Å²) in [7, 11) is 0. The Morgan fingerprint density at radius 3 is 2.78 bits per heavy atom. The molecule has 5 heteroatoms. The maximum Gasteiger partial charge on any atom is 0.452 e. The van der Waals surface area contributed by atoms with Gasteiger partial charge in [-0.05, 0) is 31.4 Å². The first-order valence-electron chi connectivity index (χ1n) is 5.93. The number of likely N-dealkylation sites (tertiary alicyclic amines) is 1. The minimum absolute atomic E-state index is 0.347. The van der Waals surface area contributed by atoms with Crippen LogP contribution in [0.1, 0.15) is 24.8 Å². The van der Waals surface area contributed by atoms with Gasteiger partial charge >= 0.3 is 6.09 Å². The van der Waals surface area contributed by atoms with E-state index in [2.05, 4.69) is 0 Å². The van der Waals surface area contributed by atoms with E-state index in [1.165, 1.54) is 6.07 Å². The predicted molar refractivity (Wildman–Crippen MR) is 63.7 cm³/mol. The molecule has 94 valence electrons. The van der Waals surface area contributed by atoms with Gasteiger partial charge in [0.1, 0.15) is 0 Å². The van der Waals surface area contributed by atoms with Crippen molar-refractivity contribution in [1.82, 2.24) is 4.90 Å². The maximum absolute atomic E-state index is 11.6. The van der Waals surface area contributed by atoms with E-state index < -0.39 is 6.09 Å². The number of carbonyl (C=O) groups is 1. The Morgan fingerprint density at radius 1 is 1.28 bits per heavy atom. The van der Waals surface area contributed by atoms with Crippen molar-refractivity contribution in [1.29, 1.82) is 5.26 Å². The summed E-state index contributed by atoms with van der Waals surface area (Å²) in [5.41, 5.74) is 0.460. The smallest absolute Gasteiger partial charge is 0.305 e. The largest absolute Gasteiger partial charge is 0.452 e. The molecule has 1 aliphatic heterocycles. The van der Waals surface area contributed by atoms with Crippen molar-refractivity contribution in [2.75, 3.05) is 13.1 Å². The first kappa shape index (κ1) is 12.2. The van der Waals surface area contributed by atoms with E-state index in [1.54, 1.807) is 23.1 Å². The van der Waals surface area contributed by atoms with Crippen LogP contribution >= 0.6 is 0 Å². The molecule has 0 aromatic heterocycles. The van der Waals surface area contributed by atoms with Crippen molar-refractivity contribution in [2.45, 2.75) is 19.3 Å². The molecule has 1 saturated heterocycles. The topological polar surface area (TPSA) is 62.6 Å². The van der Waals surface area contributed by atoms with Gasteiger partial charge in [0.2, 0.25) is 0 Å². The van der Waals surface area contributed by atoms with Gasteiger partial charge in [0, 0.05) is 19.2 Å². The minimum Gasteiger partial charge on any atom is -0.305 e. The number of amides is 1. The van der Waals surface area contributed by atoms with Crippen molar-refractivity contribution in [2.24, 2.45) is 0 Å². The number of nitrogens with zero attached hydrogens (tertiary/aromatic N) is 2. The predicted octanol–water partition coefficient (Wildman–Crippen LogP) is 2.47. The fourth-order valence-electron chi connectivity index (χ4n) is 1.83. The molecule has 1 fully saturated rings. The van der Waals surface area contributed by atoms with Crippen LogP contribution in [0.2, 0.25) is 0 Å². The van der Waals surface area contributed by atoms with Gasteiger partial charge in [-0.15, -0.1) is 0 Å². The molecule has 1 aromatic rings. The standard InChI is InChI=1S/C13H14N2O3/c14-10-11-5-4-6-12(9-11)17-18-13(16)15-7-2-1-3-8-15/h4-6,9H,1-3,7-8H2. The third-order valence-corrected chi connectivity index (χ3v) is 2.79. The SMILES string of the molecule is N#Cc1cccc(OOC(=O)N2CCCCC2)c1. The summed E-state index contributed by atoms with van der Waals surface area (Å²) in [5.74, 6) is 0.347. The molecule has 0 saturated carbocycles. The summed E-state index contributed by atoms with van der Waals surface area (Å²) in [6, 6.07) is 8.46. The molecular formula is C13H14N2O3. The quantitative estimate of drug-likeness (QED) is 0.594. The number of rotatable bonds is 2. The molecule has 1 amide bonds. The van der Waals surface area contributed by atoms with E-state index in [1.807, 2.05) is 6.07 Å².